The number of rotatable bonds is 3. The van der Waals surface area contributed by atoms with Crippen molar-refractivity contribution in [2.75, 3.05) is 5.32 Å². The second kappa shape index (κ2) is 5.24. The molecule has 2 fully saturated rings. The SMILES string of the molecule is Cc1ccc(Br)cc1NC1CCCC(C2CC2)C1. The number of benzene rings is 1. The van der Waals surface area contributed by atoms with E-state index >= 15 is 0 Å². The first-order valence-corrected chi connectivity index (χ1v) is 8.04. The Morgan fingerprint density at radius 1 is 1.11 bits per heavy atom. The van der Waals surface area contributed by atoms with Gasteiger partial charge in [-0.2, -0.15) is 0 Å². The van der Waals surface area contributed by atoms with Crippen LogP contribution in [0.2, 0.25) is 0 Å². The summed E-state index contributed by atoms with van der Waals surface area (Å²) in [5.41, 5.74) is 2.66. The van der Waals surface area contributed by atoms with E-state index in [1.54, 1.807) is 0 Å². The molecule has 1 N–H and O–H groups in total. The lowest BCUT2D eigenvalue weighted by Crippen LogP contribution is -2.28. The maximum atomic E-state index is 3.77. The Balaban J connectivity index is 1.65. The summed E-state index contributed by atoms with van der Waals surface area (Å²) in [6.07, 6.45) is 8.60. The maximum absolute atomic E-state index is 3.77. The molecular formula is C16H22BrN. The fraction of sp³-hybridized carbons (Fsp3) is 0.625. The van der Waals surface area contributed by atoms with Gasteiger partial charge in [0, 0.05) is 16.2 Å². The average molecular weight is 308 g/mol. The Bertz CT molecular complexity index is 425. The van der Waals surface area contributed by atoms with Crippen molar-refractivity contribution in [1.82, 2.24) is 0 Å². The van der Waals surface area contributed by atoms with Gasteiger partial charge < -0.3 is 5.32 Å². The molecule has 2 saturated carbocycles. The monoisotopic (exact) mass is 307 g/mol. The highest BCUT2D eigenvalue weighted by Gasteiger charge is 2.34. The minimum Gasteiger partial charge on any atom is -0.382 e. The van der Waals surface area contributed by atoms with Crippen LogP contribution in [0.25, 0.3) is 0 Å². The van der Waals surface area contributed by atoms with Crippen molar-refractivity contribution < 1.29 is 0 Å². The largest absolute Gasteiger partial charge is 0.382 e. The molecule has 1 nitrogen and oxygen atoms in total. The first-order chi connectivity index (χ1) is 8.72. The van der Waals surface area contributed by atoms with Gasteiger partial charge in [0.25, 0.3) is 0 Å². The molecule has 2 aliphatic carbocycles. The lowest BCUT2D eigenvalue weighted by Gasteiger charge is -2.31. The molecule has 2 unspecified atom stereocenters. The van der Waals surface area contributed by atoms with Crippen LogP contribution in [0.5, 0.6) is 0 Å². The molecule has 3 rings (SSSR count). The molecule has 0 saturated heterocycles. The normalized spacial score (nSPS) is 28.1. The average Bonchev–Trinajstić information content (AvgIpc) is 3.18. The van der Waals surface area contributed by atoms with Gasteiger partial charge in [-0.05, 0) is 62.1 Å². The van der Waals surface area contributed by atoms with Gasteiger partial charge in [0.05, 0.1) is 0 Å². The third-order valence-electron chi connectivity index (χ3n) is 4.56. The fourth-order valence-corrected chi connectivity index (χ4v) is 3.69. The van der Waals surface area contributed by atoms with Gasteiger partial charge in [0.2, 0.25) is 0 Å². The second-order valence-electron chi connectivity index (χ2n) is 6.06. The first-order valence-electron chi connectivity index (χ1n) is 7.25. The van der Waals surface area contributed by atoms with E-state index < -0.39 is 0 Å². The third kappa shape index (κ3) is 2.90. The number of anilines is 1. The number of nitrogens with one attached hydrogen (secondary N) is 1. The number of aryl methyl sites for hydroxylation is 1. The van der Waals surface area contributed by atoms with Gasteiger partial charge in [-0.15, -0.1) is 0 Å². The van der Waals surface area contributed by atoms with E-state index in [4.69, 9.17) is 0 Å². The van der Waals surface area contributed by atoms with Crippen LogP contribution in [0.15, 0.2) is 22.7 Å². The molecule has 2 atom stereocenters. The standard InChI is InChI=1S/C16H22BrN/c1-11-5-8-14(17)10-16(11)18-15-4-2-3-13(9-15)12-6-7-12/h5,8,10,12-13,15,18H,2-4,6-7,9H2,1H3. The molecule has 0 aliphatic heterocycles. The number of hydrogen-bond acceptors (Lipinski definition) is 1. The van der Waals surface area contributed by atoms with Gasteiger partial charge in [-0.1, -0.05) is 34.8 Å². The summed E-state index contributed by atoms with van der Waals surface area (Å²) in [6.45, 7) is 2.19. The smallest absolute Gasteiger partial charge is 0.0383 e. The molecule has 1 aromatic rings. The molecule has 0 bridgehead atoms. The van der Waals surface area contributed by atoms with Crippen molar-refractivity contribution in [3.8, 4) is 0 Å². The van der Waals surface area contributed by atoms with Crippen LogP contribution in [0.4, 0.5) is 5.69 Å². The van der Waals surface area contributed by atoms with E-state index in [1.807, 2.05) is 0 Å². The van der Waals surface area contributed by atoms with Gasteiger partial charge in [0.15, 0.2) is 0 Å². The lowest BCUT2D eigenvalue weighted by atomic mass is 9.82. The van der Waals surface area contributed by atoms with Crippen molar-refractivity contribution in [1.29, 1.82) is 0 Å². The highest BCUT2D eigenvalue weighted by atomic mass is 79.9. The van der Waals surface area contributed by atoms with Crippen molar-refractivity contribution in [2.24, 2.45) is 11.8 Å². The van der Waals surface area contributed by atoms with Crippen LogP contribution >= 0.6 is 15.9 Å². The Kier molecular flexibility index (Phi) is 3.65. The molecular weight excluding hydrogens is 286 g/mol. The summed E-state index contributed by atoms with van der Waals surface area (Å²) in [5.74, 6) is 2.07. The molecule has 98 valence electrons. The molecule has 0 aromatic heterocycles. The molecule has 0 spiro atoms. The highest BCUT2D eigenvalue weighted by Crippen LogP contribution is 2.44. The Morgan fingerprint density at radius 2 is 1.94 bits per heavy atom. The summed E-state index contributed by atoms with van der Waals surface area (Å²) >= 11 is 3.57. The Hall–Kier alpha value is -0.500. The van der Waals surface area contributed by atoms with Crippen LogP contribution < -0.4 is 5.32 Å². The van der Waals surface area contributed by atoms with Crippen molar-refractivity contribution >= 4 is 21.6 Å². The van der Waals surface area contributed by atoms with Gasteiger partial charge >= 0.3 is 0 Å². The summed E-state index contributed by atoms with van der Waals surface area (Å²) in [7, 11) is 0. The molecule has 2 heteroatoms. The van der Waals surface area contributed by atoms with E-state index in [2.05, 4.69) is 46.4 Å². The lowest BCUT2D eigenvalue weighted by molar-refractivity contribution is 0.303. The number of hydrogen-bond donors (Lipinski definition) is 1. The molecule has 0 radical (unpaired) electrons. The zero-order valence-electron chi connectivity index (χ0n) is 11.1. The zero-order chi connectivity index (χ0) is 12.5. The van der Waals surface area contributed by atoms with Crippen LogP contribution in [0.3, 0.4) is 0 Å². The molecule has 1 aromatic carbocycles. The molecule has 2 aliphatic rings. The minimum absolute atomic E-state index is 0.692. The number of halogens is 1. The summed E-state index contributed by atoms with van der Waals surface area (Å²) in [6, 6.07) is 7.22. The van der Waals surface area contributed by atoms with Gasteiger partial charge in [-0.3, -0.25) is 0 Å². The van der Waals surface area contributed by atoms with E-state index in [1.165, 1.54) is 54.2 Å². The third-order valence-corrected chi connectivity index (χ3v) is 5.06. The van der Waals surface area contributed by atoms with E-state index in [-0.39, 0.29) is 0 Å². The van der Waals surface area contributed by atoms with Crippen LogP contribution in [-0.2, 0) is 0 Å². The van der Waals surface area contributed by atoms with E-state index in [0.29, 0.717) is 6.04 Å². The van der Waals surface area contributed by atoms with Crippen LogP contribution in [0, 0.1) is 18.8 Å². The van der Waals surface area contributed by atoms with E-state index in [0.717, 1.165) is 11.8 Å². The minimum atomic E-state index is 0.692. The van der Waals surface area contributed by atoms with Gasteiger partial charge in [-0.25, -0.2) is 0 Å². The zero-order valence-corrected chi connectivity index (χ0v) is 12.7. The summed E-state index contributed by atoms with van der Waals surface area (Å²) in [5, 5.41) is 3.77. The predicted molar refractivity (Wildman–Crippen MR) is 81.0 cm³/mol. The van der Waals surface area contributed by atoms with Crippen molar-refractivity contribution in [3.63, 3.8) is 0 Å². The quantitative estimate of drug-likeness (QED) is 0.815. The first kappa shape index (κ1) is 12.5. The Morgan fingerprint density at radius 3 is 2.72 bits per heavy atom. The highest BCUT2D eigenvalue weighted by molar-refractivity contribution is 9.10. The van der Waals surface area contributed by atoms with Crippen molar-refractivity contribution in [2.45, 2.75) is 51.5 Å². The predicted octanol–water partition coefficient (Wildman–Crippen LogP) is 5.14. The molecule has 18 heavy (non-hydrogen) atoms. The van der Waals surface area contributed by atoms with Crippen LogP contribution in [-0.4, -0.2) is 6.04 Å². The van der Waals surface area contributed by atoms with Crippen molar-refractivity contribution in [3.05, 3.63) is 28.2 Å². The molecule has 0 amide bonds. The summed E-state index contributed by atoms with van der Waals surface area (Å²) < 4.78 is 1.17. The maximum Gasteiger partial charge on any atom is 0.0383 e. The van der Waals surface area contributed by atoms with E-state index in [9.17, 15) is 0 Å². The Labute approximate surface area is 118 Å². The topological polar surface area (TPSA) is 12.0 Å². The molecule has 0 heterocycles. The van der Waals surface area contributed by atoms with Gasteiger partial charge in [0.1, 0.15) is 0 Å². The van der Waals surface area contributed by atoms with Crippen LogP contribution in [0.1, 0.15) is 44.1 Å². The second-order valence-corrected chi connectivity index (χ2v) is 6.98. The fourth-order valence-electron chi connectivity index (χ4n) is 3.32. The summed E-state index contributed by atoms with van der Waals surface area (Å²) in [4.78, 5) is 0.